The van der Waals surface area contributed by atoms with E-state index in [0.717, 1.165) is 9.87 Å². The van der Waals surface area contributed by atoms with Crippen LogP contribution in [-0.4, -0.2) is 39.0 Å². The number of carbonyl (C=O) groups excluding carboxylic acids is 1. The Balaban J connectivity index is 1.85. The highest BCUT2D eigenvalue weighted by atomic mass is 32.2. The lowest BCUT2D eigenvalue weighted by molar-refractivity contribution is 0.156. The van der Waals surface area contributed by atoms with Gasteiger partial charge in [0, 0.05) is 19.3 Å². The number of hydrogen-bond acceptors (Lipinski definition) is 4. The summed E-state index contributed by atoms with van der Waals surface area (Å²) >= 11 is 0. The molecule has 0 aliphatic heterocycles. The van der Waals surface area contributed by atoms with E-state index in [9.17, 15) is 13.2 Å². The third-order valence-corrected chi connectivity index (χ3v) is 5.26. The number of rotatable bonds is 6. The number of carbonyl (C=O) groups is 1. The van der Waals surface area contributed by atoms with Crippen molar-refractivity contribution in [2.45, 2.75) is 11.8 Å². The Labute approximate surface area is 142 Å². The molecule has 2 rings (SSSR count). The zero-order valence-electron chi connectivity index (χ0n) is 13.6. The molecule has 0 bridgehead atoms. The van der Waals surface area contributed by atoms with Crippen LogP contribution in [0, 0.1) is 6.92 Å². The first-order valence-corrected chi connectivity index (χ1v) is 8.85. The van der Waals surface area contributed by atoms with Gasteiger partial charge in [0.2, 0.25) is 10.0 Å². The van der Waals surface area contributed by atoms with E-state index in [0.29, 0.717) is 5.69 Å². The fraction of sp³-hybridized carbons (Fsp3) is 0.235. The van der Waals surface area contributed by atoms with Crippen molar-refractivity contribution in [2.24, 2.45) is 0 Å². The molecular formula is C17H20N2O4S. The van der Waals surface area contributed by atoms with Gasteiger partial charge in [0.15, 0.2) is 0 Å². The SMILES string of the molecule is Cc1ccc(S(=O)(=O)N(C)CCOC(=O)Nc2ccccc2)cc1. The fourth-order valence-corrected chi connectivity index (χ4v) is 3.11. The Morgan fingerprint density at radius 1 is 1.08 bits per heavy atom. The van der Waals surface area contributed by atoms with Crippen LogP contribution in [0.25, 0.3) is 0 Å². The van der Waals surface area contributed by atoms with E-state index >= 15 is 0 Å². The van der Waals surface area contributed by atoms with Crippen LogP contribution in [0.4, 0.5) is 10.5 Å². The van der Waals surface area contributed by atoms with E-state index in [2.05, 4.69) is 5.32 Å². The second kappa shape index (κ2) is 7.94. The van der Waals surface area contributed by atoms with E-state index < -0.39 is 16.1 Å². The quantitative estimate of drug-likeness (QED) is 0.871. The van der Waals surface area contributed by atoms with Crippen molar-refractivity contribution in [3.8, 4) is 0 Å². The summed E-state index contributed by atoms with van der Waals surface area (Å²) in [6, 6.07) is 15.5. The Bertz CT molecular complexity index is 774. The first-order valence-electron chi connectivity index (χ1n) is 7.41. The summed E-state index contributed by atoms with van der Waals surface area (Å²) in [5.41, 5.74) is 1.60. The standard InChI is InChI=1S/C17H20N2O4S/c1-14-8-10-16(11-9-14)24(21,22)19(2)12-13-23-17(20)18-15-6-4-3-5-7-15/h3-11H,12-13H2,1-2H3,(H,18,20). The molecule has 0 radical (unpaired) electrons. The second-order valence-electron chi connectivity index (χ2n) is 5.27. The molecule has 1 N–H and O–H groups in total. The predicted molar refractivity (Wildman–Crippen MR) is 92.4 cm³/mol. The number of ether oxygens (including phenoxy) is 1. The van der Waals surface area contributed by atoms with E-state index in [4.69, 9.17) is 4.74 Å². The smallest absolute Gasteiger partial charge is 0.411 e. The number of likely N-dealkylation sites (N-methyl/N-ethyl adjacent to an activating group) is 1. The monoisotopic (exact) mass is 348 g/mol. The van der Waals surface area contributed by atoms with Crippen molar-refractivity contribution >= 4 is 21.8 Å². The summed E-state index contributed by atoms with van der Waals surface area (Å²) in [6.45, 7) is 1.91. The van der Waals surface area contributed by atoms with Crippen molar-refractivity contribution in [1.29, 1.82) is 0 Å². The summed E-state index contributed by atoms with van der Waals surface area (Å²) < 4.78 is 30.9. The molecule has 0 aliphatic rings. The number of amides is 1. The van der Waals surface area contributed by atoms with Crippen LogP contribution in [-0.2, 0) is 14.8 Å². The maximum absolute atomic E-state index is 12.4. The van der Waals surface area contributed by atoms with E-state index in [1.165, 1.54) is 7.05 Å². The van der Waals surface area contributed by atoms with Gasteiger partial charge in [0.25, 0.3) is 0 Å². The Morgan fingerprint density at radius 2 is 1.71 bits per heavy atom. The van der Waals surface area contributed by atoms with Crippen LogP contribution in [0.2, 0.25) is 0 Å². The van der Waals surface area contributed by atoms with Gasteiger partial charge >= 0.3 is 6.09 Å². The number of benzene rings is 2. The number of aryl methyl sites for hydroxylation is 1. The van der Waals surface area contributed by atoms with Gasteiger partial charge in [-0.05, 0) is 31.2 Å². The Morgan fingerprint density at radius 3 is 2.33 bits per heavy atom. The normalized spacial score (nSPS) is 11.3. The number of para-hydroxylation sites is 1. The molecule has 6 nitrogen and oxygen atoms in total. The summed E-state index contributed by atoms with van der Waals surface area (Å²) in [5.74, 6) is 0. The van der Waals surface area contributed by atoms with Crippen LogP contribution in [0.5, 0.6) is 0 Å². The Kier molecular flexibility index (Phi) is 5.94. The molecule has 0 saturated carbocycles. The van der Waals surface area contributed by atoms with E-state index in [1.807, 2.05) is 13.0 Å². The van der Waals surface area contributed by atoms with Gasteiger partial charge in [-0.3, -0.25) is 5.32 Å². The van der Waals surface area contributed by atoms with Crippen LogP contribution in [0.1, 0.15) is 5.56 Å². The number of hydrogen-bond donors (Lipinski definition) is 1. The molecule has 2 aromatic rings. The largest absolute Gasteiger partial charge is 0.448 e. The van der Waals surface area contributed by atoms with Crippen molar-refractivity contribution in [3.63, 3.8) is 0 Å². The molecule has 24 heavy (non-hydrogen) atoms. The van der Waals surface area contributed by atoms with E-state index in [-0.39, 0.29) is 18.0 Å². The van der Waals surface area contributed by atoms with Gasteiger partial charge in [0.05, 0.1) is 4.90 Å². The first kappa shape index (κ1) is 18.0. The highest BCUT2D eigenvalue weighted by molar-refractivity contribution is 7.89. The van der Waals surface area contributed by atoms with Gasteiger partial charge in [-0.2, -0.15) is 4.31 Å². The minimum absolute atomic E-state index is 0.0414. The molecule has 0 unspecified atom stereocenters. The summed E-state index contributed by atoms with van der Waals surface area (Å²) in [4.78, 5) is 11.9. The topological polar surface area (TPSA) is 75.7 Å². The summed E-state index contributed by atoms with van der Waals surface area (Å²) in [5, 5.41) is 2.56. The third kappa shape index (κ3) is 4.81. The van der Waals surface area contributed by atoms with Gasteiger partial charge in [-0.15, -0.1) is 0 Å². The molecule has 0 fully saturated rings. The molecule has 0 saturated heterocycles. The molecule has 128 valence electrons. The predicted octanol–water partition coefficient (Wildman–Crippen LogP) is 2.86. The minimum atomic E-state index is -3.59. The lowest BCUT2D eigenvalue weighted by Gasteiger charge is -2.17. The Hall–Kier alpha value is -2.38. The molecule has 7 heteroatoms. The van der Waals surface area contributed by atoms with Crippen molar-refractivity contribution < 1.29 is 17.9 Å². The van der Waals surface area contributed by atoms with Crippen LogP contribution in [0.3, 0.4) is 0 Å². The molecule has 1 amide bonds. The maximum atomic E-state index is 12.4. The lowest BCUT2D eigenvalue weighted by Crippen LogP contribution is -2.31. The summed E-state index contributed by atoms with van der Waals surface area (Å²) in [6.07, 6.45) is -0.623. The maximum Gasteiger partial charge on any atom is 0.411 e. The zero-order chi connectivity index (χ0) is 17.6. The van der Waals surface area contributed by atoms with Crippen molar-refractivity contribution in [1.82, 2.24) is 4.31 Å². The molecule has 0 aromatic heterocycles. The third-order valence-electron chi connectivity index (χ3n) is 3.39. The average Bonchev–Trinajstić information content (AvgIpc) is 2.56. The van der Waals surface area contributed by atoms with Gasteiger partial charge in [0.1, 0.15) is 6.61 Å². The van der Waals surface area contributed by atoms with Gasteiger partial charge in [-0.1, -0.05) is 35.9 Å². The highest BCUT2D eigenvalue weighted by Gasteiger charge is 2.20. The fourth-order valence-electron chi connectivity index (χ4n) is 1.95. The molecule has 0 atom stereocenters. The number of sulfonamides is 1. The number of nitrogens with zero attached hydrogens (tertiary/aromatic N) is 1. The number of anilines is 1. The minimum Gasteiger partial charge on any atom is -0.448 e. The van der Waals surface area contributed by atoms with Crippen molar-refractivity contribution in [2.75, 3.05) is 25.5 Å². The lowest BCUT2D eigenvalue weighted by atomic mass is 10.2. The van der Waals surface area contributed by atoms with Crippen LogP contribution < -0.4 is 5.32 Å². The van der Waals surface area contributed by atoms with Gasteiger partial charge < -0.3 is 4.74 Å². The molecule has 2 aromatic carbocycles. The van der Waals surface area contributed by atoms with Crippen LogP contribution >= 0.6 is 0 Å². The zero-order valence-corrected chi connectivity index (χ0v) is 14.4. The van der Waals surface area contributed by atoms with Crippen molar-refractivity contribution in [3.05, 3.63) is 60.2 Å². The molecular weight excluding hydrogens is 328 g/mol. The molecule has 0 aliphatic carbocycles. The molecule has 0 spiro atoms. The van der Waals surface area contributed by atoms with E-state index in [1.54, 1.807) is 48.5 Å². The second-order valence-corrected chi connectivity index (χ2v) is 7.31. The first-order chi connectivity index (χ1) is 11.4. The average molecular weight is 348 g/mol. The number of nitrogens with one attached hydrogen (secondary N) is 1. The summed E-state index contributed by atoms with van der Waals surface area (Å²) in [7, 11) is -2.14. The van der Waals surface area contributed by atoms with Crippen LogP contribution in [0.15, 0.2) is 59.5 Å². The van der Waals surface area contributed by atoms with Gasteiger partial charge in [-0.25, -0.2) is 13.2 Å². The highest BCUT2D eigenvalue weighted by Crippen LogP contribution is 2.14. The molecule has 0 heterocycles.